The molecule has 1 saturated carbocycles. The minimum atomic E-state index is 0.0888. The zero-order valence-corrected chi connectivity index (χ0v) is 14.2. The van der Waals surface area contributed by atoms with Crippen LogP contribution in [-0.2, 0) is 26.4 Å². The van der Waals surface area contributed by atoms with Crippen molar-refractivity contribution in [1.29, 1.82) is 0 Å². The predicted octanol–water partition coefficient (Wildman–Crippen LogP) is 2.51. The Labute approximate surface area is 136 Å². The third-order valence-corrected chi connectivity index (χ3v) is 5.74. The summed E-state index contributed by atoms with van der Waals surface area (Å²) in [6, 6.07) is 0.686. The van der Waals surface area contributed by atoms with Crippen molar-refractivity contribution < 1.29 is 0 Å². The van der Waals surface area contributed by atoms with Crippen LogP contribution in [0.25, 0.3) is 11.0 Å². The number of nitrogens with one attached hydrogen (secondary N) is 1. The van der Waals surface area contributed by atoms with Gasteiger partial charge < -0.3 is 4.98 Å². The molecule has 1 N–H and O–H groups in total. The van der Waals surface area contributed by atoms with E-state index >= 15 is 0 Å². The van der Waals surface area contributed by atoms with Crippen LogP contribution < -0.4 is 5.56 Å². The highest BCUT2D eigenvalue weighted by molar-refractivity contribution is 5.83. The van der Waals surface area contributed by atoms with Crippen molar-refractivity contribution in [2.24, 2.45) is 7.05 Å². The maximum Gasteiger partial charge on any atom is 0.253 e. The molecule has 0 aromatic carbocycles. The first-order valence-electron chi connectivity index (χ1n) is 8.95. The van der Waals surface area contributed by atoms with E-state index in [9.17, 15) is 4.79 Å². The molecule has 2 heterocycles. The summed E-state index contributed by atoms with van der Waals surface area (Å²) in [5.41, 5.74) is 4.38. The molecule has 2 aromatic rings. The summed E-state index contributed by atoms with van der Waals surface area (Å²) in [7, 11) is 4.15. The SMILES string of the molecule is CN(Cc1nn(C)c2[nH]c(=O)c3c(c12)CCCC3)C1CCCC1. The van der Waals surface area contributed by atoms with Gasteiger partial charge >= 0.3 is 0 Å². The van der Waals surface area contributed by atoms with E-state index in [1.165, 1.54) is 43.1 Å². The second-order valence-electron chi connectivity index (χ2n) is 7.27. The maximum absolute atomic E-state index is 12.4. The van der Waals surface area contributed by atoms with Crippen LogP contribution >= 0.6 is 0 Å². The Kier molecular flexibility index (Phi) is 3.76. The average Bonchev–Trinajstić information content (AvgIpc) is 3.17. The predicted molar refractivity (Wildman–Crippen MR) is 91.7 cm³/mol. The highest BCUT2D eigenvalue weighted by atomic mass is 16.1. The molecule has 4 rings (SSSR count). The second kappa shape index (κ2) is 5.78. The van der Waals surface area contributed by atoms with Crippen molar-refractivity contribution in [3.8, 4) is 0 Å². The van der Waals surface area contributed by atoms with Crippen molar-refractivity contribution in [1.82, 2.24) is 19.7 Å². The second-order valence-corrected chi connectivity index (χ2v) is 7.27. The molecule has 2 aliphatic carbocycles. The van der Waals surface area contributed by atoms with Crippen LogP contribution in [0.15, 0.2) is 4.79 Å². The lowest BCUT2D eigenvalue weighted by molar-refractivity contribution is 0.235. The van der Waals surface area contributed by atoms with E-state index in [4.69, 9.17) is 5.10 Å². The van der Waals surface area contributed by atoms with Gasteiger partial charge in [-0.1, -0.05) is 12.8 Å². The highest BCUT2D eigenvalue weighted by Crippen LogP contribution is 2.30. The third kappa shape index (κ3) is 2.51. The Morgan fingerprint density at radius 2 is 1.87 bits per heavy atom. The first kappa shape index (κ1) is 14.9. The molecule has 2 aliphatic rings. The Bertz CT molecular complexity index is 782. The van der Waals surface area contributed by atoms with Gasteiger partial charge in [0.2, 0.25) is 0 Å². The number of fused-ring (bicyclic) bond motifs is 3. The van der Waals surface area contributed by atoms with Gasteiger partial charge in [-0.3, -0.25) is 14.4 Å². The minimum absolute atomic E-state index is 0.0888. The molecule has 124 valence electrons. The molecule has 23 heavy (non-hydrogen) atoms. The fourth-order valence-corrected chi connectivity index (χ4v) is 4.48. The minimum Gasteiger partial charge on any atom is -0.307 e. The molecular weight excluding hydrogens is 288 g/mol. The Morgan fingerprint density at radius 3 is 2.61 bits per heavy atom. The molecule has 1 fully saturated rings. The molecule has 0 unspecified atom stereocenters. The summed E-state index contributed by atoms with van der Waals surface area (Å²) >= 11 is 0. The lowest BCUT2D eigenvalue weighted by Crippen LogP contribution is -2.29. The molecule has 5 heteroatoms. The number of pyridine rings is 1. The summed E-state index contributed by atoms with van der Waals surface area (Å²) in [6.07, 6.45) is 9.53. The number of aryl methyl sites for hydroxylation is 2. The molecule has 0 bridgehead atoms. The first-order chi connectivity index (χ1) is 11.1. The molecule has 0 atom stereocenters. The maximum atomic E-state index is 12.4. The van der Waals surface area contributed by atoms with Crippen LogP contribution in [0, 0.1) is 0 Å². The van der Waals surface area contributed by atoms with E-state index in [2.05, 4.69) is 16.9 Å². The molecule has 0 radical (unpaired) electrons. The van der Waals surface area contributed by atoms with Crippen LogP contribution in [0.5, 0.6) is 0 Å². The Hall–Kier alpha value is -1.62. The van der Waals surface area contributed by atoms with Gasteiger partial charge in [-0.25, -0.2) is 0 Å². The summed E-state index contributed by atoms with van der Waals surface area (Å²) in [5.74, 6) is 0. The van der Waals surface area contributed by atoms with Gasteiger partial charge in [0.05, 0.1) is 5.69 Å². The van der Waals surface area contributed by atoms with Crippen molar-refractivity contribution in [3.05, 3.63) is 27.2 Å². The van der Waals surface area contributed by atoms with E-state index in [0.717, 1.165) is 42.7 Å². The van der Waals surface area contributed by atoms with E-state index in [1.807, 2.05) is 11.7 Å². The lowest BCUT2D eigenvalue weighted by atomic mass is 9.90. The van der Waals surface area contributed by atoms with Gasteiger partial charge in [0, 0.05) is 30.6 Å². The average molecular weight is 314 g/mol. The van der Waals surface area contributed by atoms with Crippen molar-refractivity contribution in [3.63, 3.8) is 0 Å². The lowest BCUT2D eigenvalue weighted by Gasteiger charge is -2.23. The molecule has 0 saturated heterocycles. The number of rotatable bonds is 3. The fourth-order valence-electron chi connectivity index (χ4n) is 4.48. The van der Waals surface area contributed by atoms with Crippen LogP contribution in [0.4, 0.5) is 0 Å². The normalized spacial score (nSPS) is 18.9. The third-order valence-electron chi connectivity index (χ3n) is 5.74. The van der Waals surface area contributed by atoms with Gasteiger partial charge in [0.15, 0.2) is 0 Å². The Balaban J connectivity index is 1.79. The Morgan fingerprint density at radius 1 is 1.17 bits per heavy atom. The smallest absolute Gasteiger partial charge is 0.253 e. The highest BCUT2D eigenvalue weighted by Gasteiger charge is 2.25. The van der Waals surface area contributed by atoms with E-state index in [-0.39, 0.29) is 5.56 Å². The number of nitrogens with zero attached hydrogens (tertiary/aromatic N) is 3. The van der Waals surface area contributed by atoms with Crippen molar-refractivity contribution >= 4 is 11.0 Å². The first-order valence-corrected chi connectivity index (χ1v) is 8.95. The standard InChI is InChI=1S/C18H26N4O/c1-21(12-7-3-4-8-12)11-15-16-13-9-5-6-10-14(13)18(23)19-17(16)22(2)20-15/h12H,3-11H2,1-2H3,(H,19,23). The zero-order valence-electron chi connectivity index (χ0n) is 14.2. The van der Waals surface area contributed by atoms with Crippen molar-refractivity contribution in [2.45, 2.75) is 64.0 Å². The number of hydrogen-bond acceptors (Lipinski definition) is 3. The zero-order chi connectivity index (χ0) is 16.0. The van der Waals surface area contributed by atoms with Gasteiger partial charge in [0.1, 0.15) is 5.65 Å². The topological polar surface area (TPSA) is 53.9 Å². The number of H-pyrrole nitrogens is 1. The molecule has 0 aliphatic heterocycles. The van der Waals surface area contributed by atoms with Gasteiger partial charge in [-0.15, -0.1) is 0 Å². The summed E-state index contributed by atoms with van der Waals surface area (Å²) < 4.78 is 1.85. The molecule has 0 spiro atoms. The molecule has 0 amide bonds. The van der Waals surface area contributed by atoms with Gasteiger partial charge in [0.25, 0.3) is 5.56 Å². The van der Waals surface area contributed by atoms with Crippen molar-refractivity contribution in [2.75, 3.05) is 7.05 Å². The number of aromatic amines is 1. The molecule has 5 nitrogen and oxygen atoms in total. The van der Waals surface area contributed by atoms with E-state index in [0.29, 0.717) is 6.04 Å². The van der Waals surface area contributed by atoms with E-state index in [1.54, 1.807) is 0 Å². The monoisotopic (exact) mass is 314 g/mol. The van der Waals surface area contributed by atoms with E-state index < -0.39 is 0 Å². The fraction of sp³-hybridized carbons (Fsp3) is 0.667. The van der Waals surface area contributed by atoms with Gasteiger partial charge in [-0.05, 0) is 51.1 Å². The quantitative estimate of drug-likeness (QED) is 0.947. The van der Waals surface area contributed by atoms with Crippen LogP contribution in [0.1, 0.15) is 55.3 Å². The summed E-state index contributed by atoms with van der Waals surface area (Å²) in [4.78, 5) is 17.9. The molecular formula is C18H26N4O. The van der Waals surface area contributed by atoms with Crippen LogP contribution in [-0.4, -0.2) is 32.8 Å². The van der Waals surface area contributed by atoms with Gasteiger partial charge in [-0.2, -0.15) is 5.10 Å². The largest absolute Gasteiger partial charge is 0.307 e. The van der Waals surface area contributed by atoms with Crippen LogP contribution in [0.3, 0.4) is 0 Å². The molecule has 2 aromatic heterocycles. The summed E-state index contributed by atoms with van der Waals surface area (Å²) in [5, 5.41) is 5.97. The summed E-state index contributed by atoms with van der Waals surface area (Å²) in [6.45, 7) is 0.875. The number of hydrogen-bond donors (Lipinski definition) is 1. The van der Waals surface area contributed by atoms with Crippen LogP contribution in [0.2, 0.25) is 0 Å². The number of aromatic nitrogens is 3.